The van der Waals surface area contributed by atoms with Gasteiger partial charge in [-0.15, -0.1) is 0 Å². The third kappa shape index (κ3) is 3.63. The minimum Gasteiger partial charge on any atom is -0.430 e. The van der Waals surface area contributed by atoms with Crippen LogP contribution >= 0.6 is 0 Å². The molecule has 12 heteroatoms. The van der Waals surface area contributed by atoms with Crippen molar-refractivity contribution in [3.63, 3.8) is 0 Å². The van der Waals surface area contributed by atoms with Gasteiger partial charge in [-0.05, 0) is 17.7 Å². The SMILES string of the molecule is C=Cc1ccc(OC(F)=C(F)C(F)(F)C(F)(F)C(F)(F)C(F)(F)F)cc1. The summed E-state index contributed by atoms with van der Waals surface area (Å²) in [4.78, 5) is 0. The highest BCUT2D eigenvalue weighted by Gasteiger charge is 2.83. The highest BCUT2D eigenvalue weighted by molar-refractivity contribution is 5.48. The molecule has 0 unspecified atom stereocenters. The number of ether oxygens (including phenoxy) is 1. The van der Waals surface area contributed by atoms with Crippen molar-refractivity contribution in [3.8, 4) is 5.75 Å². The van der Waals surface area contributed by atoms with E-state index in [9.17, 15) is 48.3 Å². The van der Waals surface area contributed by atoms with E-state index in [4.69, 9.17) is 0 Å². The maximum absolute atomic E-state index is 13.3. The van der Waals surface area contributed by atoms with Crippen molar-refractivity contribution < 1.29 is 53.0 Å². The van der Waals surface area contributed by atoms with Crippen molar-refractivity contribution in [1.29, 1.82) is 0 Å². The largest absolute Gasteiger partial charge is 0.460 e. The van der Waals surface area contributed by atoms with Crippen molar-refractivity contribution in [3.05, 3.63) is 48.2 Å². The summed E-state index contributed by atoms with van der Waals surface area (Å²) < 4.78 is 144. The van der Waals surface area contributed by atoms with E-state index in [0.29, 0.717) is 5.56 Å². The van der Waals surface area contributed by atoms with Crippen LogP contribution < -0.4 is 4.74 Å². The number of halogens is 11. The second kappa shape index (κ2) is 6.80. The van der Waals surface area contributed by atoms with Gasteiger partial charge >= 0.3 is 30.0 Å². The highest BCUT2D eigenvalue weighted by atomic mass is 19.4. The third-order valence-corrected chi connectivity index (χ3v) is 2.92. The first kappa shape index (κ1) is 21.8. The molecule has 0 aliphatic rings. The van der Waals surface area contributed by atoms with Gasteiger partial charge in [-0.25, -0.2) is 0 Å². The zero-order valence-corrected chi connectivity index (χ0v) is 12.2. The molecule has 0 amide bonds. The molecule has 0 aromatic heterocycles. The highest BCUT2D eigenvalue weighted by Crippen LogP contribution is 2.55. The van der Waals surface area contributed by atoms with Gasteiger partial charge in [0.2, 0.25) is 5.83 Å². The van der Waals surface area contributed by atoms with Crippen LogP contribution in [0.2, 0.25) is 0 Å². The van der Waals surface area contributed by atoms with Gasteiger partial charge in [0.25, 0.3) is 0 Å². The van der Waals surface area contributed by atoms with Crippen LogP contribution in [0.1, 0.15) is 5.56 Å². The molecule has 26 heavy (non-hydrogen) atoms. The zero-order chi connectivity index (χ0) is 20.6. The van der Waals surface area contributed by atoms with Crippen LogP contribution in [0.15, 0.2) is 42.7 Å². The van der Waals surface area contributed by atoms with E-state index in [1.54, 1.807) is 0 Å². The lowest BCUT2D eigenvalue weighted by Gasteiger charge is -2.32. The van der Waals surface area contributed by atoms with E-state index < -0.39 is 41.5 Å². The minimum atomic E-state index is -7.35. The summed E-state index contributed by atoms with van der Waals surface area (Å²) in [5.74, 6) is -26.2. The molecular weight excluding hydrogens is 393 g/mol. The Bertz CT molecular complexity index is 686. The van der Waals surface area contributed by atoms with Crippen molar-refractivity contribution >= 4 is 6.08 Å². The predicted octanol–water partition coefficient (Wildman–Crippen LogP) is 6.28. The zero-order valence-electron chi connectivity index (χ0n) is 12.2. The Hall–Kier alpha value is -2.27. The van der Waals surface area contributed by atoms with E-state index in [2.05, 4.69) is 11.3 Å². The summed E-state index contributed by atoms with van der Waals surface area (Å²) in [5, 5.41) is 0. The lowest BCUT2D eigenvalue weighted by atomic mass is 10.0. The van der Waals surface area contributed by atoms with Gasteiger partial charge in [0.1, 0.15) is 5.75 Å². The molecule has 0 aliphatic heterocycles. The maximum atomic E-state index is 13.3. The fourth-order valence-corrected chi connectivity index (χ4v) is 1.46. The minimum absolute atomic E-state index is 0.392. The molecule has 146 valence electrons. The van der Waals surface area contributed by atoms with Crippen LogP contribution in [0.3, 0.4) is 0 Å². The standard InChI is InChI=1S/C14H7F11O/c1-2-7-3-5-8(6-4-7)26-10(16)9(15)11(17,18)12(19,20)13(21,22)14(23,24)25/h2-6H,1H2. The molecule has 1 rings (SSSR count). The monoisotopic (exact) mass is 400 g/mol. The lowest BCUT2D eigenvalue weighted by molar-refractivity contribution is -0.392. The average molecular weight is 400 g/mol. The number of rotatable bonds is 6. The summed E-state index contributed by atoms with van der Waals surface area (Å²) >= 11 is 0. The van der Waals surface area contributed by atoms with E-state index in [-0.39, 0.29) is 0 Å². The number of alkyl halides is 9. The van der Waals surface area contributed by atoms with Crippen molar-refractivity contribution in [1.82, 2.24) is 0 Å². The lowest BCUT2D eigenvalue weighted by Crippen LogP contribution is -2.61. The van der Waals surface area contributed by atoms with Gasteiger partial charge in [-0.2, -0.15) is 48.3 Å². The molecule has 0 heterocycles. The summed E-state index contributed by atoms with van der Waals surface area (Å²) in [7, 11) is 0. The molecule has 0 bridgehead atoms. The number of hydrogen-bond donors (Lipinski definition) is 0. The Labute approximate surface area is 138 Å². The topological polar surface area (TPSA) is 9.23 Å². The van der Waals surface area contributed by atoms with Gasteiger partial charge < -0.3 is 4.74 Å². The molecule has 1 aromatic rings. The molecule has 0 saturated carbocycles. The Morgan fingerprint density at radius 3 is 1.65 bits per heavy atom. The molecule has 0 atom stereocenters. The van der Waals surface area contributed by atoms with Crippen LogP contribution in [-0.4, -0.2) is 23.9 Å². The van der Waals surface area contributed by atoms with Gasteiger partial charge in [0.15, 0.2) is 0 Å². The van der Waals surface area contributed by atoms with Crippen LogP contribution in [0.5, 0.6) is 5.75 Å². The second-order valence-electron chi connectivity index (χ2n) is 4.68. The number of benzene rings is 1. The van der Waals surface area contributed by atoms with E-state index in [1.807, 2.05) is 0 Å². The van der Waals surface area contributed by atoms with E-state index in [0.717, 1.165) is 24.3 Å². The third-order valence-electron chi connectivity index (χ3n) is 2.92. The summed E-state index contributed by atoms with van der Waals surface area (Å²) in [5.41, 5.74) is 0.392. The smallest absolute Gasteiger partial charge is 0.430 e. The molecule has 0 aliphatic carbocycles. The van der Waals surface area contributed by atoms with Crippen molar-refractivity contribution in [2.75, 3.05) is 0 Å². The quantitative estimate of drug-likeness (QED) is 0.403. The summed E-state index contributed by atoms with van der Waals surface area (Å²) in [6, 6.07) is 0.837. The molecule has 0 spiro atoms. The first-order chi connectivity index (χ1) is 11.6. The molecular formula is C14H7F11O. The van der Waals surface area contributed by atoms with Crippen LogP contribution in [0.4, 0.5) is 48.3 Å². The average Bonchev–Trinajstić information content (AvgIpc) is 2.53. The van der Waals surface area contributed by atoms with Gasteiger partial charge in [0, 0.05) is 0 Å². The van der Waals surface area contributed by atoms with Crippen LogP contribution in [0.25, 0.3) is 6.08 Å². The predicted molar refractivity (Wildman–Crippen MR) is 67.3 cm³/mol. The second-order valence-corrected chi connectivity index (χ2v) is 4.68. The first-order valence-corrected chi connectivity index (χ1v) is 6.26. The molecule has 0 N–H and O–H groups in total. The Morgan fingerprint density at radius 1 is 0.808 bits per heavy atom. The number of hydrogen-bond acceptors (Lipinski definition) is 1. The van der Waals surface area contributed by atoms with Crippen molar-refractivity contribution in [2.24, 2.45) is 0 Å². The molecule has 1 aromatic carbocycles. The molecule has 0 fully saturated rings. The van der Waals surface area contributed by atoms with Gasteiger partial charge in [-0.1, -0.05) is 24.8 Å². The van der Waals surface area contributed by atoms with E-state index in [1.165, 1.54) is 6.08 Å². The van der Waals surface area contributed by atoms with Crippen molar-refractivity contribution in [2.45, 2.75) is 23.9 Å². The fourth-order valence-electron chi connectivity index (χ4n) is 1.46. The Kier molecular flexibility index (Phi) is 5.69. The molecule has 0 radical (unpaired) electrons. The maximum Gasteiger partial charge on any atom is 0.460 e. The first-order valence-electron chi connectivity index (χ1n) is 6.26. The van der Waals surface area contributed by atoms with E-state index >= 15 is 0 Å². The Balaban J connectivity index is 3.26. The van der Waals surface area contributed by atoms with Crippen LogP contribution in [-0.2, 0) is 0 Å². The number of allylic oxidation sites excluding steroid dienone is 1. The van der Waals surface area contributed by atoms with Gasteiger partial charge in [0.05, 0.1) is 0 Å². The summed E-state index contributed by atoms with van der Waals surface area (Å²) in [6.07, 6.45) is -5.89. The fraction of sp³-hybridized carbons (Fsp3) is 0.286. The summed E-state index contributed by atoms with van der Waals surface area (Å²) in [6.45, 7) is 3.32. The van der Waals surface area contributed by atoms with Crippen LogP contribution in [0, 0.1) is 0 Å². The normalized spacial score (nSPS) is 14.7. The molecule has 1 nitrogen and oxygen atoms in total. The Morgan fingerprint density at radius 2 is 1.27 bits per heavy atom. The molecule has 0 saturated heterocycles. The van der Waals surface area contributed by atoms with Gasteiger partial charge in [-0.3, -0.25) is 0 Å².